The lowest BCUT2D eigenvalue weighted by Gasteiger charge is -2.00. The number of hydrogen-bond acceptors (Lipinski definition) is 2. The number of benzene rings is 1. The number of fused-ring (bicyclic) bond motifs is 1. The first-order valence-corrected chi connectivity index (χ1v) is 4.05. The quantitative estimate of drug-likeness (QED) is 0.587. The van der Waals surface area contributed by atoms with Crippen LogP contribution >= 0.6 is 0 Å². The van der Waals surface area contributed by atoms with Gasteiger partial charge in [-0.05, 0) is 6.07 Å². The molecule has 0 spiro atoms. The fourth-order valence-corrected chi connectivity index (χ4v) is 1.13. The van der Waals surface area contributed by atoms with Crippen LogP contribution in [-0.2, 0) is 4.79 Å². The van der Waals surface area contributed by atoms with Gasteiger partial charge >= 0.3 is 0 Å². The van der Waals surface area contributed by atoms with Crippen LogP contribution < -0.4 is 0 Å². The van der Waals surface area contributed by atoms with Crippen LogP contribution in [0.4, 0.5) is 5.69 Å². The third-order valence-corrected chi connectivity index (χ3v) is 1.78. The Morgan fingerprint density at radius 3 is 2.92 bits per heavy atom. The molecule has 3 heteroatoms. The zero-order chi connectivity index (χ0) is 9.10. The molecule has 0 N–H and O–H groups in total. The van der Waals surface area contributed by atoms with Gasteiger partial charge in [0.05, 0.1) is 12.1 Å². The molecule has 1 heterocycles. The van der Waals surface area contributed by atoms with Crippen molar-refractivity contribution in [1.29, 1.82) is 0 Å². The minimum atomic E-state index is -0.154. The number of aliphatic imine (C=N–C) groups is 2. The second kappa shape index (κ2) is 3.31. The molecule has 64 valence electrons. The van der Waals surface area contributed by atoms with Crippen molar-refractivity contribution in [1.82, 2.24) is 0 Å². The second-order valence-corrected chi connectivity index (χ2v) is 2.73. The van der Waals surface area contributed by atoms with Crippen LogP contribution in [0.15, 0.2) is 34.3 Å². The van der Waals surface area contributed by atoms with E-state index < -0.39 is 0 Å². The molecule has 0 aromatic heterocycles. The lowest BCUT2D eigenvalue weighted by Crippen LogP contribution is -1.97. The van der Waals surface area contributed by atoms with Gasteiger partial charge in [0.15, 0.2) is 0 Å². The summed E-state index contributed by atoms with van der Waals surface area (Å²) in [7, 11) is 0. The Balaban J connectivity index is 2.50. The maximum absolute atomic E-state index is 11.0. The second-order valence-electron chi connectivity index (χ2n) is 2.73. The monoisotopic (exact) mass is 172 g/mol. The Morgan fingerprint density at radius 2 is 2.00 bits per heavy atom. The first kappa shape index (κ1) is 7.86. The van der Waals surface area contributed by atoms with Crippen molar-refractivity contribution in [2.75, 3.05) is 0 Å². The maximum Gasteiger partial charge on any atom is 0.251 e. The smallest absolute Gasteiger partial charge is 0.251 e. The molecule has 1 amide bonds. The Labute approximate surface area is 75.8 Å². The molecule has 1 aliphatic rings. The SMILES string of the molecule is O=C1CC=Nc2ccccc2C=N1. The van der Waals surface area contributed by atoms with Crippen molar-refractivity contribution < 1.29 is 4.79 Å². The molecular weight excluding hydrogens is 164 g/mol. The van der Waals surface area contributed by atoms with Crippen molar-refractivity contribution in [3.8, 4) is 0 Å². The highest BCUT2D eigenvalue weighted by Gasteiger charge is 2.01. The summed E-state index contributed by atoms with van der Waals surface area (Å²) in [4.78, 5) is 18.9. The molecule has 1 aromatic carbocycles. The third-order valence-electron chi connectivity index (χ3n) is 1.78. The number of carbonyl (C=O) groups is 1. The highest BCUT2D eigenvalue weighted by Crippen LogP contribution is 2.17. The van der Waals surface area contributed by atoms with E-state index in [9.17, 15) is 4.79 Å². The van der Waals surface area contributed by atoms with Crippen LogP contribution in [0.25, 0.3) is 0 Å². The first-order valence-electron chi connectivity index (χ1n) is 4.05. The van der Waals surface area contributed by atoms with E-state index in [1.54, 1.807) is 12.4 Å². The molecule has 0 unspecified atom stereocenters. The summed E-state index contributed by atoms with van der Waals surface area (Å²) in [5, 5.41) is 0. The largest absolute Gasteiger partial charge is 0.272 e. The number of carbonyl (C=O) groups excluding carboxylic acids is 1. The van der Waals surface area contributed by atoms with Gasteiger partial charge in [0.2, 0.25) is 0 Å². The van der Waals surface area contributed by atoms with Gasteiger partial charge in [-0.15, -0.1) is 0 Å². The molecule has 2 rings (SSSR count). The minimum absolute atomic E-state index is 0.154. The molecule has 0 bridgehead atoms. The molecule has 0 saturated heterocycles. The van der Waals surface area contributed by atoms with Gasteiger partial charge < -0.3 is 0 Å². The first-order chi connectivity index (χ1) is 6.36. The predicted octanol–water partition coefficient (Wildman–Crippen LogP) is 1.74. The van der Waals surface area contributed by atoms with Crippen molar-refractivity contribution in [3.05, 3.63) is 29.8 Å². The average molecular weight is 172 g/mol. The lowest BCUT2D eigenvalue weighted by molar-refractivity contribution is -0.116. The maximum atomic E-state index is 11.0. The van der Waals surface area contributed by atoms with Gasteiger partial charge in [0.25, 0.3) is 5.91 Å². The van der Waals surface area contributed by atoms with Crippen molar-refractivity contribution in [3.63, 3.8) is 0 Å². The van der Waals surface area contributed by atoms with E-state index in [-0.39, 0.29) is 12.3 Å². The Morgan fingerprint density at radius 1 is 1.15 bits per heavy atom. The van der Waals surface area contributed by atoms with Crippen LogP contribution in [0.5, 0.6) is 0 Å². The molecule has 0 saturated carbocycles. The zero-order valence-corrected chi connectivity index (χ0v) is 6.97. The zero-order valence-electron chi connectivity index (χ0n) is 6.97. The summed E-state index contributed by atoms with van der Waals surface area (Å²) in [5.41, 5.74) is 1.74. The van der Waals surface area contributed by atoms with Crippen LogP contribution in [0.2, 0.25) is 0 Å². The highest BCUT2D eigenvalue weighted by molar-refractivity contribution is 6.01. The summed E-state index contributed by atoms with van der Waals surface area (Å²) in [6.45, 7) is 0. The van der Waals surface area contributed by atoms with Gasteiger partial charge in [0.1, 0.15) is 0 Å². The summed E-state index contributed by atoms with van der Waals surface area (Å²) >= 11 is 0. The van der Waals surface area contributed by atoms with E-state index in [0.717, 1.165) is 11.3 Å². The fourth-order valence-electron chi connectivity index (χ4n) is 1.13. The Kier molecular flexibility index (Phi) is 2.00. The van der Waals surface area contributed by atoms with Crippen molar-refractivity contribution in [2.45, 2.75) is 6.42 Å². The molecular formula is C10H8N2O. The summed E-state index contributed by atoms with van der Waals surface area (Å²) < 4.78 is 0. The number of para-hydroxylation sites is 1. The van der Waals surface area contributed by atoms with E-state index in [0.29, 0.717) is 0 Å². The van der Waals surface area contributed by atoms with Gasteiger partial charge in [-0.2, -0.15) is 0 Å². The topological polar surface area (TPSA) is 41.8 Å². The van der Waals surface area contributed by atoms with Gasteiger partial charge in [0, 0.05) is 18.0 Å². The normalized spacial score (nSPS) is 14.9. The molecule has 0 radical (unpaired) electrons. The number of nitrogens with zero attached hydrogens (tertiary/aromatic N) is 2. The number of rotatable bonds is 0. The molecule has 0 atom stereocenters. The van der Waals surface area contributed by atoms with Crippen LogP contribution in [0, 0.1) is 0 Å². The Hall–Kier alpha value is -1.77. The molecule has 13 heavy (non-hydrogen) atoms. The van der Waals surface area contributed by atoms with Gasteiger partial charge in [-0.25, -0.2) is 4.99 Å². The van der Waals surface area contributed by atoms with E-state index in [2.05, 4.69) is 9.98 Å². The number of hydrogen-bond donors (Lipinski definition) is 0. The summed E-state index contributed by atoms with van der Waals surface area (Å²) in [5.74, 6) is -0.154. The molecule has 0 fully saturated rings. The lowest BCUT2D eigenvalue weighted by atomic mass is 10.2. The molecule has 0 aliphatic carbocycles. The number of amides is 1. The van der Waals surface area contributed by atoms with Crippen LogP contribution in [0.3, 0.4) is 0 Å². The van der Waals surface area contributed by atoms with E-state index in [1.165, 1.54) is 0 Å². The van der Waals surface area contributed by atoms with E-state index in [4.69, 9.17) is 0 Å². The van der Waals surface area contributed by atoms with Crippen LogP contribution in [-0.4, -0.2) is 18.3 Å². The molecule has 1 aromatic rings. The van der Waals surface area contributed by atoms with E-state index >= 15 is 0 Å². The summed E-state index contributed by atoms with van der Waals surface area (Å²) in [6, 6.07) is 7.59. The van der Waals surface area contributed by atoms with Crippen LogP contribution in [0.1, 0.15) is 12.0 Å². The molecule has 1 aliphatic heterocycles. The van der Waals surface area contributed by atoms with E-state index in [1.807, 2.05) is 24.3 Å². The average Bonchev–Trinajstić information content (AvgIpc) is 2.13. The van der Waals surface area contributed by atoms with Gasteiger partial charge in [-0.3, -0.25) is 9.79 Å². The molecule has 3 nitrogen and oxygen atoms in total. The van der Waals surface area contributed by atoms with Crippen molar-refractivity contribution >= 4 is 24.0 Å². The summed E-state index contributed by atoms with van der Waals surface area (Å²) in [6.07, 6.45) is 3.44. The highest BCUT2D eigenvalue weighted by atomic mass is 16.1. The minimum Gasteiger partial charge on any atom is -0.272 e. The standard InChI is InChI=1S/C10H8N2O/c13-10-5-6-11-9-4-2-1-3-8(9)7-12-10/h1-4,6-7H,5H2. The van der Waals surface area contributed by atoms with Crippen molar-refractivity contribution in [2.24, 2.45) is 9.98 Å². The fraction of sp³-hybridized carbons (Fsp3) is 0.100. The Bertz CT molecular complexity index is 394. The van der Waals surface area contributed by atoms with Gasteiger partial charge in [-0.1, -0.05) is 18.2 Å². The predicted molar refractivity (Wildman–Crippen MR) is 51.8 cm³/mol. The third kappa shape index (κ3) is 1.69.